The summed E-state index contributed by atoms with van der Waals surface area (Å²) in [5, 5.41) is 0. The Morgan fingerprint density at radius 1 is 0.344 bits per heavy atom. The lowest BCUT2D eigenvalue weighted by Crippen LogP contribution is -2.58. The van der Waals surface area contributed by atoms with E-state index in [4.69, 9.17) is 19.9 Å². The number of pyridine rings is 4. The van der Waals surface area contributed by atoms with Gasteiger partial charge in [0.25, 0.3) is 0 Å². The van der Waals surface area contributed by atoms with Crippen LogP contribution in [0.25, 0.3) is 0 Å². The van der Waals surface area contributed by atoms with Gasteiger partial charge in [-0.1, -0.05) is 123 Å². The molecule has 0 N–H and O–H groups in total. The molecule has 2 aliphatic heterocycles. The molecule has 0 aliphatic carbocycles. The summed E-state index contributed by atoms with van der Waals surface area (Å²) in [7, 11) is 0. The molecule has 0 radical (unpaired) electrons. The van der Waals surface area contributed by atoms with Gasteiger partial charge in [-0.15, -0.1) is 0 Å². The quantitative estimate of drug-likeness (QED) is 0.157. The van der Waals surface area contributed by atoms with Crippen LogP contribution in [0.1, 0.15) is 157 Å². The minimum Gasteiger partial charge on any atom is -0.313 e. The Kier molecular flexibility index (Phi) is 11.2. The normalized spacial score (nSPS) is 16.9. The van der Waals surface area contributed by atoms with Crippen LogP contribution >= 0.6 is 0 Å². The fourth-order valence-corrected chi connectivity index (χ4v) is 8.98. The monoisotopic (exact) mass is 855 g/mol. The first-order valence-corrected chi connectivity index (χ1v) is 23.2. The summed E-state index contributed by atoms with van der Waals surface area (Å²) in [4.78, 5) is 30.9. The molecule has 334 valence electrons. The van der Waals surface area contributed by atoms with Crippen LogP contribution in [-0.4, -0.2) is 32.3 Å². The van der Waals surface area contributed by atoms with Crippen molar-refractivity contribution in [1.29, 1.82) is 0 Å². The lowest BCUT2D eigenvalue weighted by Gasteiger charge is -2.44. The topological polar surface area (TPSA) is 64.5 Å². The van der Waals surface area contributed by atoms with E-state index in [2.05, 4.69) is 240 Å². The second-order valence-electron chi connectivity index (χ2n) is 22.7. The van der Waals surface area contributed by atoms with E-state index in [-0.39, 0.29) is 34.0 Å². The number of anilines is 8. The first-order chi connectivity index (χ1) is 29.9. The number of hydrogen-bond donors (Lipinski definition) is 0. The molecule has 8 rings (SSSR count). The van der Waals surface area contributed by atoms with Gasteiger partial charge in [-0.05, 0) is 95.8 Å². The molecule has 6 aromatic rings. The van der Waals surface area contributed by atoms with Crippen LogP contribution in [0.3, 0.4) is 0 Å². The van der Waals surface area contributed by atoms with Gasteiger partial charge in [-0.2, -0.15) is 0 Å². The molecule has 2 atom stereocenters. The van der Waals surface area contributed by atoms with Gasteiger partial charge in [-0.3, -0.25) is 19.9 Å². The SMILES string of the molecule is CC(C)c1ccc2c(c1)N(c1ccc(C(C)(C)C)nc1)C(C1N(c3ccc(C(C)(C)C)nc3)c3ccc(C(C)C)cc3N1c1ccc(C(C)(C)C)nc1)N2c1ccc(C(C)(C)C)nc1. The van der Waals surface area contributed by atoms with E-state index in [1.807, 2.05) is 0 Å². The van der Waals surface area contributed by atoms with Crippen molar-refractivity contribution in [3.63, 3.8) is 0 Å². The molecule has 0 bridgehead atoms. The van der Waals surface area contributed by atoms with E-state index in [1.165, 1.54) is 11.1 Å². The van der Waals surface area contributed by atoms with Crippen LogP contribution in [-0.2, 0) is 21.7 Å². The number of fused-ring (bicyclic) bond motifs is 2. The second-order valence-corrected chi connectivity index (χ2v) is 22.7. The zero-order valence-electron chi connectivity index (χ0n) is 41.3. The van der Waals surface area contributed by atoms with Crippen LogP contribution in [0, 0.1) is 0 Å². The number of aromatic nitrogens is 4. The number of benzene rings is 2. The van der Waals surface area contributed by atoms with Crippen molar-refractivity contribution in [3.8, 4) is 0 Å². The summed E-state index contributed by atoms with van der Waals surface area (Å²) in [6.45, 7) is 35.8. The highest BCUT2D eigenvalue weighted by molar-refractivity contribution is 5.94. The zero-order chi connectivity index (χ0) is 46.3. The van der Waals surface area contributed by atoms with E-state index in [9.17, 15) is 0 Å². The Morgan fingerprint density at radius 2 is 0.594 bits per heavy atom. The van der Waals surface area contributed by atoms with E-state index in [1.54, 1.807) is 0 Å². The van der Waals surface area contributed by atoms with Crippen LogP contribution < -0.4 is 19.6 Å². The molecule has 0 fully saturated rings. The molecule has 8 heteroatoms. The van der Waals surface area contributed by atoms with Crippen molar-refractivity contribution >= 4 is 45.5 Å². The van der Waals surface area contributed by atoms with Crippen LogP contribution in [0.4, 0.5) is 45.5 Å². The van der Waals surface area contributed by atoms with E-state index in [0.29, 0.717) is 11.8 Å². The number of rotatable bonds is 7. The maximum absolute atomic E-state index is 5.19. The number of hydrogen-bond acceptors (Lipinski definition) is 8. The average molecular weight is 855 g/mol. The molecular formula is C56H70N8. The summed E-state index contributed by atoms with van der Waals surface area (Å²) in [6, 6.07) is 31.9. The van der Waals surface area contributed by atoms with Gasteiger partial charge in [0.05, 0.1) is 70.3 Å². The molecule has 0 amide bonds. The Bertz CT molecular complexity index is 2420. The summed E-state index contributed by atoms with van der Waals surface area (Å²) >= 11 is 0. The maximum Gasteiger partial charge on any atom is 0.151 e. The van der Waals surface area contributed by atoms with Crippen molar-refractivity contribution in [1.82, 2.24) is 19.9 Å². The molecule has 0 saturated heterocycles. The van der Waals surface area contributed by atoms with Gasteiger partial charge >= 0.3 is 0 Å². The van der Waals surface area contributed by atoms with E-state index < -0.39 is 0 Å². The van der Waals surface area contributed by atoms with Crippen LogP contribution in [0.15, 0.2) is 110 Å². The van der Waals surface area contributed by atoms with Crippen molar-refractivity contribution in [3.05, 3.63) is 144 Å². The molecule has 2 aromatic carbocycles. The third-order valence-electron chi connectivity index (χ3n) is 12.9. The predicted octanol–water partition coefficient (Wildman–Crippen LogP) is 14.6. The van der Waals surface area contributed by atoms with Gasteiger partial charge in [-0.25, -0.2) is 0 Å². The van der Waals surface area contributed by atoms with E-state index >= 15 is 0 Å². The second kappa shape index (κ2) is 16.0. The molecule has 64 heavy (non-hydrogen) atoms. The maximum atomic E-state index is 5.19. The highest BCUT2D eigenvalue weighted by Crippen LogP contribution is 2.56. The van der Waals surface area contributed by atoms with Gasteiger partial charge in [0.15, 0.2) is 12.3 Å². The molecule has 2 aliphatic rings. The number of nitrogens with zero attached hydrogens (tertiary/aromatic N) is 8. The highest BCUT2D eigenvalue weighted by Gasteiger charge is 2.52. The molecular weight excluding hydrogens is 785 g/mol. The zero-order valence-corrected chi connectivity index (χ0v) is 41.3. The van der Waals surface area contributed by atoms with Crippen molar-refractivity contribution in [2.75, 3.05) is 19.6 Å². The Balaban J connectivity index is 1.47. The third kappa shape index (κ3) is 8.25. The largest absolute Gasteiger partial charge is 0.313 e. The minimum atomic E-state index is -0.360. The highest BCUT2D eigenvalue weighted by atomic mass is 15.5. The van der Waals surface area contributed by atoms with E-state index in [0.717, 1.165) is 68.3 Å². The molecule has 0 spiro atoms. The van der Waals surface area contributed by atoms with Gasteiger partial charge in [0, 0.05) is 44.4 Å². The van der Waals surface area contributed by atoms with Crippen molar-refractivity contribution in [2.24, 2.45) is 0 Å². The summed E-state index contributed by atoms with van der Waals surface area (Å²) < 4.78 is 0. The predicted molar refractivity (Wildman–Crippen MR) is 269 cm³/mol. The molecule has 2 unspecified atom stereocenters. The van der Waals surface area contributed by atoms with Crippen LogP contribution in [0.5, 0.6) is 0 Å². The fourth-order valence-electron chi connectivity index (χ4n) is 8.98. The summed E-state index contributed by atoms with van der Waals surface area (Å²) in [6.07, 6.45) is 7.59. The molecule has 4 aromatic heterocycles. The van der Waals surface area contributed by atoms with Crippen molar-refractivity contribution < 1.29 is 0 Å². The first-order valence-electron chi connectivity index (χ1n) is 23.2. The standard InChI is InChI=1S/C56H70N8/c1-35(2)37-17-23-43-45(29-37)63(41-21-27-49(59-33-41)55(11,12)13)51(61(43)39-19-25-47(57-31-39)53(5,6)7)52-62(40-20-26-48(58-32-40)54(8,9)10)44-24-18-38(36(3)4)30-46(44)64(52)42-22-28-50(60-34-42)56(14,15)16/h17-36,51-52H,1-16H3. The fraction of sp³-hybridized carbons (Fsp3) is 0.429. The van der Waals surface area contributed by atoms with Crippen molar-refractivity contribution in [2.45, 2.75) is 157 Å². The smallest absolute Gasteiger partial charge is 0.151 e. The van der Waals surface area contributed by atoms with Crippen LogP contribution in [0.2, 0.25) is 0 Å². The Labute approximate surface area is 383 Å². The lowest BCUT2D eigenvalue weighted by atomic mass is 9.91. The lowest BCUT2D eigenvalue weighted by molar-refractivity contribution is 0.542. The Morgan fingerprint density at radius 3 is 0.797 bits per heavy atom. The molecule has 8 nitrogen and oxygen atoms in total. The third-order valence-corrected chi connectivity index (χ3v) is 12.9. The van der Waals surface area contributed by atoms with Gasteiger partial charge in [0.1, 0.15) is 0 Å². The molecule has 0 saturated carbocycles. The van der Waals surface area contributed by atoms with Gasteiger partial charge in [0.2, 0.25) is 0 Å². The van der Waals surface area contributed by atoms with Gasteiger partial charge < -0.3 is 19.6 Å². The minimum absolute atomic E-state index is 0.104. The summed E-state index contributed by atoms with van der Waals surface area (Å²) in [5.41, 5.74) is 14.9. The Hall–Kier alpha value is -5.76. The first kappa shape index (κ1) is 44.8. The average Bonchev–Trinajstić information content (AvgIpc) is 3.75. The molecule has 6 heterocycles. The summed E-state index contributed by atoms with van der Waals surface area (Å²) in [5.74, 6) is 0.651.